The maximum absolute atomic E-state index is 13.8. The fraction of sp³-hybridized carbons (Fsp3) is 0.389. The van der Waals surface area contributed by atoms with Gasteiger partial charge >= 0.3 is 0 Å². The summed E-state index contributed by atoms with van der Waals surface area (Å²) in [5.41, 5.74) is -0.147. The highest BCUT2D eigenvalue weighted by Crippen LogP contribution is 2.41. The van der Waals surface area contributed by atoms with Gasteiger partial charge in [0.25, 0.3) is 0 Å². The first kappa shape index (κ1) is 22.9. The Kier molecular flexibility index (Phi) is 7.14. The number of aliphatic hydroxyl groups excluding tert-OH is 2. The lowest BCUT2D eigenvalue weighted by Crippen LogP contribution is -2.55. The van der Waals surface area contributed by atoms with Gasteiger partial charge in [-0.05, 0) is 12.1 Å². The van der Waals surface area contributed by atoms with E-state index in [2.05, 4.69) is 15.3 Å². The Morgan fingerprint density at radius 2 is 2.10 bits per heavy atom. The molecule has 5 atom stereocenters. The number of ether oxygens (including phenoxy) is 2. The summed E-state index contributed by atoms with van der Waals surface area (Å²) in [5.74, 6) is -0.709. The van der Waals surface area contributed by atoms with Gasteiger partial charge < -0.3 is 19.7 Å². The molecule has 0 bridgehead atoms. The summed E-state index contributed by atoms with van der Waals surface area (Å²) < 4.78 is 26.8. The fourth-order valence-corrected chi connectivity index (χ4v) is 5.76. The number of hydrogen-bond donors (Lipinski definition) is 2. The standard InChI is InChI=1S/C18H17Cl2FN4O4S2/c1-28-16-14(25-6-11(23-24-25)17-22-2-3-30-17)15(27)12(7-26)29-18(16)31-8-4-9(19)13(21)10(20)5-8/h2-6,12,14-16,18,26-27H,7H2,1H3/t12-,14+,15+,16-,18-/m1/s1. The lowest BCUT2D eigenvalue weighted by Gasteiger charge is -2.43. The molecule has 1 saturated heterocycles. The zero-order valence-corrected chi connectivity index (χ0v) is 19.1. The van der Waals surface area contributed by atoms with E-state index in [-0.39, 0.29) is 10.0 Å². The van der Waals surface area contributed by atoms with Crippen molar-refractivity contribution >= 4 is 46.3 Å². The highest BCUT2D eigenvalue weighted by atomic mass is 35.5. The van der Waals surface area contributed by atoms with E-state index in [1.54, 1.807) is 12.4 Å². The predicted molar refractivity (Wildman–Crippen MR) is 115 cm³/mol. The molecule has 0 radical (unpaired) electrons. The van der Waals surface area contributed by atoms with Gasteiger partial charge in [0.05, 0.1) is 22.8 Å². The number of halogens is 3. The second-order valence-electron chi connectivity index (χ2n) is 6.65. The van der Waals surface area contributed by atoms with Crippen LogP contribution in [0.5, 0.6) is 0 Å². The molecule has 166 valence electrons. The highest BCUT2D eigenvalue weighted by molar-refractivity contribution is 7.99. The minimum Gasteiger partial charge on any atom is -0.394 e. The third-order valence-corrected chi connectivity index (χ3v) is 7.24. The Morgan fingerprint density at radius 1 is 1.35 bits per heavy atom. The Bertz CT molecular complexity index is 1020. The topological polar surface area (TPSA) is 103 Å². The molecular weight excluding hydrogens is 490 g/mol. The van der Waals surface area contributed by atoms with Crippen molar-refractivity contribution in [2.75, 3.05) is 13.7 Å². The number of thiazole rings is 1. The van der Waals surface area contributed by atoms with E-state index in [1.807, 2.05) is 5.38 Å². The molecule has 0 aliphatic carbocycles. The second-order valence-corrected chi connectivity index (χ2v) is 9.53. The van der Waals surface area contributed by atoms with Gasteiger partial charge in [0.1, 0.15) is 40.5 Å². The largest absolute Gasteiger partial charge is 0.394 e. The van der Waals surface area contributed by atoms with Crippen LogP contribution in [0.3, 0.4) is 0 Å². The van der Waals surface area contributed by atoms with Gasteiger partial charge in [-0.1, -0.05) is 40.2 Å². The van der Waals surface area contributed by atoms with Crippen LogP contribution in [-0.2, 0) is 9.47 Å². The van der Waals surface area contributed by atoms with E-state index >= 15 is 0 Å². The van der Waals surface area contributed by atoms with Crippen LogP contribution < -0.4 is 0 Å². The molecule has 8 nitrogen and oxygen atoms in total. The zero-order valence-electron chi connectivity index (χ0n) is 15.9. The Hall–Kier alpha value is -1.31. The number of aromatic nitrogens is 4. The molecule has 0 amide bonds. The second kappa shape index (κ2) is 9.67. The van der Waals surface area contributed by atoms with E-state index in [1.165, 1.54) is 47.0 Å². The van der Waals surface area contributed by atoms with Crippen LogP contribution in [-0.4, -0.2) is 67.7 Å². The maximum Gasteiger partial charge on any atom is 0.160 e. The van der Waals surface area contributed by atoms with E-state index in [0.29, 0.717) is 15.6 Å². The third-order valence-electron chi connectivity index (χ3n) is 4.77. The lowest BCUT2D eigenvalue weighted by atomic mass is 9.97. The number of hydrogen-bond acceptors (Lipinski definition) is 9. The van der Waals surface area contributed by atoms with E-state index < -0.39 is 42.2 Å². The molecule has 3 aromatic rings. The monoisotopic (exact) mass is 506 g/mol. The summed E-state index contributed by atoms with van der Waals surface area (Å²) in [6.45, 7) is -0.426. The normalized spacial score (nSPS) is 26.3. The number of benzene rings is 1. The first-order chi connectivity index (χ1) is 14.9. The quantitative estimate of drug-likeness (QED) is 0.491. The van der Waals surface area contributed by atoms with Gasteiger partial charge in [-0.15, -0.1) is 16.4 Å². The molecule has 0 unspecified atom stereocenters. The number of thioether (sulfide) groups is 1. The maximum atomic E-state index is 13.8. The Morgan fingerprint density at radius 3 is 2.71 bits per heavy atom. The summed E-state index contributed by atoms with van der Waals surface area (Å²) >= 11 is 14.4. The molecule has 1 aliphatic rings. The summed E-state index contributed by atoms with van der Waals surface area (Å²) in [6.07, 6.45) is 0.585. The van der Waals surface area contributed by atoms with E-state index in [9.17, 15) is 14.6 Å². The van der Waals surface area contributed by atoms with Crippen LogP contribution in [0.2, 0.25) is 10.0 Å². The van der Waals surface area contributed by atoms with Gasteiger partial charge in [0, 0.05) is 23.6 Å². The van der Waals surface area contributed by atoms with Crippen molar-refractivity contribution in [2.24, 2.45) is 0 Å². The molecule has 0 spiro atoms. The molecule has 3 heterocycles. The van der Waals surface area contributed by atoms with Crippen molar-refractivity contribution in [3.8, 4) is 10.7 Å². The molecule has 1 fully saturated rings. The number of rotatable bonds is 6. The number of nitrogens with zero attached hydrogens (tertiary/aromatic N) is 4. The molecule has 13 heteroatoms. The van der Waals surface area contributed by atoms with Crippen LogP contribution >= 0.6 is 46.3 Å². The van der Waals surface area contributed by atoms with Crippen LogP contribution in [0.1, 0.15) is 6.04 Å². The SMILES string of the molecule is CO[C@@H]1[C@@H](n2cc(-c3nccs3)nn2)[C@@H](O)[C@@H](CO)O[C@@H]1Sc1cc(Cl)c(F)c(Cl)c1. The van der Waals surface area contributed by atoms with Crippen molar-refractivity contribution in [1.29, 1.82) is 0 Å². The van der Waals surface area contributed by atoms with Crippen molar-refractivity contribution in [3.05, 3.63) is 45.8 Å². The van der Waals surface area contributed by atoms with Crippen LogP contribution in [0.15, 0.2) is 34.8 Å². The minimum absolute atomic E-state index is 0.126. The third kappa shape index (κ3) is 4.60. The van der Waals surface area contributed by atoms with Crippen molar-refractivity contribution in [2.45, 2.75) is 34.7 Å². The van der Waals surface area contributed by atoms with E-state index in [0.717, 1.165) is 0 Å². The first-order valence-corrected chi connectivity index (χ1v) is 11.5. The Balaban J connectivity index is 1.66. The summed E-state index contributed by atoms with van der Waals surface area (Å²) in [7, 11) is 1.48. The van der Waals surface area contributed by atoms with Gasteiger partial charge in [-0.25, -0.2) is 14.1 Å². The van der Waals surface area contributed by atoms with Crippen molar-refractivity contribution in [1.82, 2.24) is 20.0 Å². The zero-order chi connectivity index (χ0) is 22.1. The highest BCUT2D eigenvalue weighted by Gasteiger charge is 2.47. The molecule has 1 aromatic carbocycles. The number of aliphatic hydroxyl groups is 2. The molecular formula is C18H17Cl2FN4O4S2. The van der Waals surface area contributed by atoms with Crippen LogP contribution in [0.4, 0.5) is 4.39 Å². The van der Waals surface area contributed by atoms with E-state index in [4.69, 9.17) is 32.7 Å². The van der Waals surface area contributed by atoms with Gasteiger partial charge in [0.2, 0.25) is 0 Å². The summed E-state index contributed by atoms with van der Waals surface area (Å²) in [4.78, 5) is 4.75. The fourth-order valence-electron chi connectivity index (χ4n) is 3.31. The smallest absolute Gasteiger partial charge is 0.160 e. The van der Waals surface area contributed by atoms with Gasteiger partial charge in [-0.3, -0.25) is 0 Å². The summed E-state index contributed by atoms with van der Waals surface area (Å²) in [5, 5.41) is 31.2. The molecule has 2 N–H and O–H groups in total. The lowest BCUT2D eigenvalue weighted by molar-refractivity contribution is -0.186. The van der Waals surface area contributed by atoms with Gasteiger partial charge in [0.15, 0.2) is 5.82 Å². The molecule has 31 heavy (non-hydrogen) atoms. The van der Waals surface area contributed by atoms with Crippen LogP contribution in [0, 0.1) is 5.82 Å². The Labute approximate surface area is 194 Å². The summed E-state index contributed by atoms with van der Waals surface area (Å²) in [6, 6.07) is 2.13. The number of methoxy groups -OCH3 is 1. The molecule has 0 saturated carbocycles. The average molecular weight is 507 g/mol. The minimum atomic E-state index is -1.13. The molecule has 4 rings (SSSR count). The average Bonchev–Trinajstić information content (AvgIpc) is 3.44. The van der Waals surface area contributed by atoms with Gasteiger partial charge in [-0.2, -0.15) is 0 Å². The molecule has 2 aromatic heterocycles. The first-order valence-electron chi connectivity index (χ1n) is 9.03. The molecule has 1 aliphatic heterocycles. The van der Waals surface area contributed by atoms with Crippen LogP contribution in [0.25, 0.3) is 10.7 Å². The predicted octanol–water partition coefficient (Wildman–Crippen LogP) is 3.27. The van der Waals surface area contributed by atoms with Crippen molar-refractivity contribution in [3.63, 3.8) is 0 Å². The van der Waals surface area contributed by atoms with Crippen molar-refractivity contribution < 1.29 is 24.1 Å².